The molecule has 0 aliphatic carbocycles. The first-order valence-corrected chi connectivity index (χ1v) is 5.48. The topological polar surface area (TPSA) is 48.9 Å². The van der Waals surface area contributed by atoms with Crippen molar-refractivity contribution in [1.29, 1.82) is 0 Å². The second-order valence-corrected chi connectivity index (χ2v) is 4.16. The molecule has 0 unspecified atom stereocenters. The molecule has 17 heavy (non-hydrogen) atoms. The standard InChI is InChI=1S/C14H12N2O/c1-9-5-6-12-13(7-9)16-14(15-12)10-3-2-4-11(17)8-10/h2-8,17H,1H3,(H,15,16). The van der Waals surface area contributed by atoms with Crippen molar-refractivity contribution < 1.29 is 5.11 Å². The summed E-state index contributed by atoms with van der Waals surface area (Å²) in [6.45, 7) is 2.05. The number of aromatic amines is 1. The van der Waals surface area contributed by atoms with Crippen LogP contribution < -0.4 is 0 Å². The molecule has 3 heteroatoms. The van der Waals surface area contributed by atoms with E-state index >= 15 is 0 Å². The van der Waals surface area contributed by atoms with Crippen LogP contribution in [0.15, 0.2) is 42.5 Å². The van der Waals surface area contributed by atoms with Crippen LogP contribution in [0, 0.1) is 6.92 Å². The third kappa shape index (κ3) is 1.76. The highest BCUT2D eigenvalue weighted by atomic mass is 16.3. The maximum Gasteiger partial charge on any atom is 0.138 e. The summed E-state index contributed by atoms with van der Waals surface area (Å²) in [6.07, 6.45) is 0. The number of aromatic nitrogens is 2. The predicted molar refractivity (Wildman–Crippen MR) is 67.9 cm³/mol. The van der Waals surface area contributed by atoms with Gasteiger partial charge in [-0.05, 0) is 36.8 Å². The van der Waals surface area contributed by atoms with Gasteiger partial charge in [0, 0.05) is 5.56 Å². The Kier molecular flexibility index (Phi) is 2.11. The second-order valence-electron chi connectivity index (χ2n) is 4.16. The number of imidazole rings is 1. The van der Waals surface area contributed by atoms with E-state index in [1.807, 2.05) is 31.2 Å². The molecular weight excluding hydrogens is 212 g/mol. The number of fused-ring (bicyclic) bond motifs is 1. The van der Waals surface area contributed by atoms with Gasteiger partial charge in [-0.15, -0.1) is 0 Å². The summed E-state index contributed by atoms with van der Waals surface area (Å²) in [4.78, 5) is 7.76. The normalized spacial score (nSPS) is 10.9. The van der Waals surface area contributed by atoms with Crippen LogP contribution in [0.2, 0.25) is 0 Å². The molecule has 0 saturated heterocycles. The van der Waals surface area contributed by atoms with Gasteiger partial charge in [0.15, 0.2) is 0 Å². The number of hydrogen-bond donors (Lipinski definition) is 2. The zero-order chi connectivity index (χ0) is 11.8. The van der Waals surface area contributed by atoms with Crippen LogP contribution in [0.1, 0.15) is 5.56 Å². The highest BCUT2D eigenvalue weighted by molar-refractivity contribution is 5.80. The lowest BCUT2D eigenvalue weighted by Crippen LogP contribution is -1.78. The van der Waals surface area contributed by atoms with Gasteiger partial charge in [0.05, 0.1) is 11.0 Å². The van der Waals surface area contributed by atoms with E-state index in [0.29, 0.717) is 0 Å². The number of aryl methyl sites for hydroxylation is 1. The number of hydrogen-bond acceptors (Lipinski definition) is 2. The van der Waals surface area contributed by atoms with E-state index in [1.165, 1.54) is 5.56 Å². The van der Waals surface area contributed by atoms with Crippen LogP contribution in [0.3, 0.4) is 0 Å². The molecule has 2 N–H and O–H groups in total. The van der Waals surface area contributed by atoms with E-state index in [0.717, 1.165) is 22.4 Å². The Balaban J connectivity index is 2.18. The lowest BCUT2D eigenvalue weighted by molar-refractivity contribution is 0.475. The van der Waals surface area contributed by atoms with Gasteiger partial charge in [-0.1, -0.05) is 18.2 Å². The molecule has 0 spiro atoms. The van der Waals surface area contributed by atoms with Crippen molar-refractivity contribution in [3.05, 3.63) is 48.0 Å². The summed E-state index contributed by atoms with van der Waals surface area (Å²) in [7, 11) is 0. The average molecular weight is 224 g/mol. The number of rotatable bonds is 1. The minimum absolute atomic E-state index is 0.249. The largest absolute Gasteiger partial charge is 0.508 e. The van der Waals surface area contributed by atoms with Crippen molar-refractivity contribution in [3.8, 4) is 17.1 Å². The lowest BCUT2D eigenvalue weighted by atomic mass is 10.2. The minimum Gasteiger partial charge on any atom is -0.508 e. The molecule has 0 saturated carbocycles. The molecule has 84 valence electrons. The van der Waals surface area contributed by atoms with E-state index in [1.54, 1.807) is 12.1 Å². The summed E-state index contributed by atoms with van der Waals surface area (Å²) in [6, 6.07) is 13.2. The van der Waals surface area contributed by atoms with Crippen LogP contribution in [0.4, 0.5) is 0 Å². The zero-order valence-corrected chi connectivity index (χ0v) is 9.44. The Bertz CT molecular complexity index is 686. The Labute approximate surface area is 98.8 Å². The predicted octanol–water partition coefficient (Wildman–Crippen LogP) is 3.24. The summed E-state index contributed by atoms with van der Waals surface area (Å²) in [5.41, 5.74) is 4.04. The number of nitrogens with one attached hydrogen (secondary N) is 1. The molecule has 0 atom stereocenters. The molecule has 2 aromatic carbocycles. The first-order valence-electron chi connectivity index (χ1n) is 5.48. The van der Waals surface area contributed by atoms with Gasteiger partial charge < -0.3 is 10.1 Å². The molecule has 0 fully saturated rings. The number of benzene rings is 2. The SMILES string of the molecule is Cc1ccc2nc(-c3cccc(O)c3)[nH]c2c1. The maximum absolute atomic E-state index is 9.45. The fourth-order valence-electron chi connectivity index (χ4n) is 1.91. The molecule has 3 aromatic rings. The van der Waals surface area contributed by atoms with Crippen molar-refractivity contribution >= 4 is 11.0 Å². The third-order valence-corrected chi connectivity index (χ3v) is 2.76. The minimum atomic E-state index is 0.249. The highest BCUT2D eigenvalue weighted by Gasteiger charge is 2.05. The van der Waals surface area contributed by atoms with Crippen molar-refractivity contribution in [2.45, 2.75) is 6.92 Å². The summed E-state index contributed by atoms with van der Waals surface area (Å²) in [5, 5.41) is 9.45. The Morgan fingerprint density at radius 3 is 2.82 bits per heavy atom. The summed E-state index contributed by atoms with van der Waals surface area (Å²) >= 11 is 0. The quantitative estimate of drug-likeness (QED) is 0.666. The molecule has 1 heterocycles. The molecule has 0 bridgehead atoms. The Morgan fingerprint density at radius 1 is 1.12 bits per heavy atom. The molecule has 0 aliphatic heterocycles. The molecule has 3 rings (SSSR count). The summed E-state index contributed by atoms with van der Waals surface area (Å²) < 4.78 is 0. The average Bonchev–Trinajstić information content (AvgIpc) is 2.72. The van der Waals surface area contributed by atoms with E-state index in [4.69, 9.17) is 0 Å². The zero-order valence-electron chi connectivity index (χ0n) is 9.44. The van der Waals surface area contributed by atoms with Gasteiger partial charge in [0.25, 0.3) is 0 Å². The fraction of sp³-hybridized carbons (Fsp3) is 0.0714. The highest BCUT2D eigenvalue weighted by Crippen LogP contribution is 2.23. The molecule has 1 aromatic heterocycles. The van der Waals surface area contributed by atoms with Crippen molar-refractivity contribution in [2.75, 3.05) is 0 Å². The van der Waals surface area contributed by atoms with Gasteiger partial charge in [0.2, 0.25) is 0 Å². The number of nitrogens with zero attached hydrogens (tertiary/aromatic N) is 1. The van der Waals surface area contributed by atoms with Crippen molar-refractivity contribution in [3.63, 3.8) is 0 Å². The van der Waals surface area contributed by atoms with Crippen molar-refractivity contribution in [1.82, 2.24) is 9.97 Å². The second kappa shape index (κ2) is 3.63. The Morgan fingerprint density at radius 2 is 2.00 bits per heavy atom. The number of phenolic OH excluding ortho intramolecular Hbond substituents is 1. The number of H-pyrrole nitrogens is 1. The van der Waals surface area contributed by atoms with Gasteiger partial charge in [-0.2, -0.15) is 0 Å². The van der Waals surface area contributed by atoms with Crippen molar-refractivity contribution in [2.24, 2.45) is 0 Å². The molecule has 0 radical (unpaired) electrons. The molecule has 0 aliphatic rings. The van der Waals surface area contributed by atoms with Gasteiger partial charge in [-0.3, -0.25) is 0 Å². The van der Waals surface area contributed by atoms with Crippen LogP contribution in [0.5, 0.6) is 5.75 Å². The van der Waals surface area contributed by atoms with Crippen LogP contribution in [0.25, 0.3) is 22.4 Å². The monoisotopic (exact) mass is 224 g/mol. The van der Waals surface area contributed by atoms with Crippen LogP contribution in [-0.4, -0.2) is 15.1 Å². The van der Waals surface area contributed by atoms with Gasteiger partial charge in [-0.25, -0.2) is 4.98 Å². The fourth-order valence-corrected chi connectivity index (χ4v) is 1.91. The van der Waals surface area contributed by atoms with E-state index < -0.39 is 0 Å². The van der Waals surface area contributed by atoms with Crippen LogP contribution >= 0.6 is 0 Å². The summed E-state index contributed by atoms with van der Waals surface area (Å²) in [5.74, 6) is 1.03. The Hall–Kier alpha value is -2.29. The third-order valence-electron chi connectivity index (χ3n) is 2.76. The first-order chi connectivity index (χ1) is 8.22. The van der Waals surface area contributed by atoms with Crippen LogP contribution in [-0.2, 0) is 0 Å². The van der Waals surface area contributed by atoms with Gasteiger partial charge >= 0.3 is 0 Å². The molecular formula is C14H12N2O. The van der Waals surface area contributed by atoms with E-state index in [9.17, 15) is 5.11 Å². The van der Waals surface area contributed by atoms with E-state index in [2.05, 4.69) is 16.0 Å². The lowest BCUT2D eigenvalue weighted by Gasteiger charge is -1.96. The maximum atomic E-state index is 9.45. The number of phenols is 1. The molecule has 3 nitrogen and oxygen atoms in total. The van der Waals surface area contributed by atoms with Gasteiger partial charge in [0.1, 0.15) is 11.6 Å². The van der Waals surface area contributed by atoms with E-state index in [-0.39, 0.29) is 5.75 Å². The number of aromatic hydroxyl groups is 1. The first kappa shape index (κ1) is 9.90. The smallest absolute Gasteiger partial charge is 0.138 e. The molecule has 0 amide bonds.